The quantitative estimate of drug-likeness (QED) is 0.846. The smallest absolute Gasteiger partial charge is 0.255 e. The van der Waals surface area contributed by atoms with Crippen LogP contribution in [-0.2, 0) is 13.0 Å². The molecule has 0 saturated heterocycles. The Morgan fingerprint density at radius 3 is 2.62 bits per heavy atom. The van der Waals surface area contributed by atoms with Crippen LogP contribution in [0.5, 0.6) is 0 Å². The van der Waals surface area contributed by atoms with Gasteiger partial charge in [0.1, 0.15) is 5.82 Å². The SMILES string of the molecule is CC(C)[C@H](CNC(=O)c1c(F)cccc1Cl)N1CCc2ccccc2C1. The van der Waals surface area contributed by atoms with E-state index in [9.17, 15) is 9.18 Å². The topological polar surface area (TPSA) is 32.3 Å². The summed E-state index contributed by atoms with van der Waals surface area (Å²) >= 11 is 6.00. The first kappa shape index (κ1) is 18.9. The zero-order valence-corrected chi connectivity index (χ0v) is 15.9. The fraction of sp³-hybridized carbons (Fsp3) is 0.381. The lowest BCUT2D eigenvalue weighted by molar-refractivity contribution is 0.0900. The van der Waals surface area contributed by atoms with E-state index in [-0.39, 0.29) is 16.6 Å². The van der Waals surface area contributed by atoms with Crippen molar-refractivity contribution < 1.29 is 9.18 Å². The molecule has 0 saturated carbocycles. The van der Waals surface area contributed by atoms with E-state index in [2.05, 4.69) is 48.3 Å². The number of benzene rings is 2. The maximum atomic E-state index is 13.9. The minimum Gasteiger partial charge on any atom is -0.350 e. The van der Waals surface area contributed by atoms with Gasteiger partial charge in [0, 0.05) is 25.7 Å². The molecule has 5 heteroatoms. The van der Waals surface area contributed by atoms with E-state index in [1.54, 1.807) is 0 Å². The lowest BCUT2D eigenvalue weighted by Gasteiger charge is -2.38. The van der Waals surface area contributed by atoms with Crippen LogP contribution in [0, 0.1) is 11.7 Å². The van der Waals surface area contributed by atoms with Crippen molar-refractivity contribution in [3.05, 3.63) is 70.0 Å². The number of hydrogen-bond donors (Lipinski definition) is 1. The second-order valence-corrected chi connectivity index (χ2v) is 7.51. The Hall–Kier alpha value is -1.91. The number of carbonyl (C=O) groups is 1. The third-order valence-corrected chi connectivity index (χ3v) is 5.38. The highest BCUT2D eigenvalue weighted by molar-refractivity contribution is 6.33. The third kappa shape index (κ3) is 4.08. The molecule has 0 spiro atoms. The van der Waals surface area contributed by atoms with E-state index in [4.69, 9.17) is 11.6 Å². The molecule has 2 aromatic carbocycles. The van der Waals surface area contributed by atoms with E-state index in [1.807, 2.05) is 0 Å². The maximum Gasteiger partial charge on any atom is 0.255 e. The molecular weight excluding hydrogens is 351 g/mol. The first-order valence-corrected chi connectivity index (χ1v) is 9.38. The van der Waals surface area contributed by atoms with Crippen molar-refractivity contribution in [2.24, 2.45) is 5.92 Å². The van der Waals surface area contributed by atoms with Crippen molar-refractivity contribution in [3.63, 3.8) is 0 Å². The van der Waals surface area contributed by atoms with Gasteiger partial charge in [-0.25, -0.2) is 4.39 Å². The van der Waals surface area contributed by atoms with Crippen molar-refractivity contribution in [2.45, 2.75) is 32.9 Å². The number of amides is 1. The standard InChI is InChI=1S/C21H24ClFN2O/c1-14(2)19(25-11-10-15-6-3-4-7-16(15)13-25)12-24-21(26)20-17(22)8-5-9-18(20)23/h3-9,14,19H,10-13H2,1-2H3,(H,24,26)/t19-/m0/s1. The minimum atomic E-state index is -0.594. The molecule has 3 nitrogen and oxygen atoms in total. The lowest BCUT2D eigenvalue weighted by Crippen LogP contribution is -2.48. The molecule has 26 heavy (non-hydrogen) atoms. The van der Waals surface area contributed by atoms with Gasteiger partial charge in [0.2, 0.25) is 0 Å². The molecule has 2 aromatic rings. The summed E-state index contributed by atoms with van der Waals surface area (Å²) in [6.07, 6.45) is 1.01. The van der Waals surface area contributed by atoms with Crippen molar-refractivity contribution in [1.29, 1.82) is 0 Å². The number of carbonyl (C=O) groups excluding carboxylic acids is 1. The van der Waals surface area contributed by atoms with Crippen LogP contribution in [0.2, 0.25) is 5.02 Å². The van der Waals surface area contributed by atoms with E-state index in [0.29, 0.717) is 12.5 Å². The zero-order chi connectivity index (χ0) is 18.7. The van der Waals surface area contributed by atoms with E-state index < -0.39 is 11.7 Å². The predicted octanol–water partition coefficient (Wildman–Crippen LogP) is 4.29. The highest BCUT2D eigenvalue weighted by Crippen LogP contribution is 2.23. The Labute approximate surface area is 159 Å². The number of rotatable bonds is 5. The van der Waals surface area contributed by atoms with Gasteiger partial charge in [-0.3, -0.25) is 9.69 Å². The van der Waals surface area contributed by atoms with Gasteiger partial charge in [-0.2, -0.15) is 0 Å². The van der Waals surface area contributed by atoms with Gasteiger partial charge in [-0.05, 0) is 35.6 Å². The summed E-state index contributed by atoms with van der Waals surface area (Å²) < 4.78 is 13.9. The number of nitrogens with zero attached hydrogens (tertiary/aromatic N) is 1. The van der Waals surface area contributed by atoms with Crippen LogP contribution in [0.1, 0.15) is 35.3 Å². The van der Waals surface area contributed by atoms with Crippen LogP contribution >= 0.6 is 11.6 Å². The molecule has 0 fully saturated rings. The molecule has 1 N–H and O–H groups in total. The fourth-order valence-electron chi connectivity index (χ4n) is 3.59. The summed E-state index contributed by atoms with van der Waals surface area (Å²) in [5.74, 6) is -0.698. The lowest BCUT2D eigenvalue weighted by atomic mass is 9.95. The van der Waals surface area contributed by atoms with Crippen LogP contribution in [0.3, 0.4) is 0 Å². The van der Waals surface area contributed by atoms with E-state index in [1.165, 1.54) is 29.3 Å². The summed E-state index contributed by atoms with van der Waals surface area (Å²) in [6.45, 7) is 6.58. The molecule has 1 atom stereocenters. The molecule has 138 valence electrons. The minimum absolute atomic E-state index is 0.0827. The first-order chi connectivity index (χ1) is 12.5. The molecule has 0 radical (unpaired) electrons. The van der Waals surface area contributed by atoms with Crippen molar-refractivity contribution in [3.8, 4) is 0 Å². The van der Waals surface area contributed by atoms with Gasteiger partial charge in [0.05, 0.1) is 10.6 Å². The van der Waals surface area contributed by atoms with Gasteiger partial charge in [-0.1, -0.05) is 55.8 Å². The number of nitrogens with one attached hydrogen (secondary N) is 1. The monoisotopic (exact) mass is 374 g/mol. The Balaban J connectivity index is 1.69. The number of fused-ring (bicyclic) bond motifs is 1. The summed E-state index contributed by atoms with van der Waals surface area (Å²) in [4.78, 5) is 14.8. The zero-order valence-electron chi connectivity index (χ0n) is 15.1. The second-order valence-electron chi connectivity index (χ2n) is 7.11. The molecule has 3 rings (SSSR count). The van der Waals surface area contributed by atoms with Crippen LogP contribution in [0.15, 0.2) is 42.5 Å². The Kier molecular flexibility index (Phi) is 5.94. The third-order valence-electron chi connectivity index (χ3n) is 5.06. The summed E-state index contributed by atoms with van der Waals surface area (Å²) in [5, 5.41) is 3.01. The average Bonchev–Trinajstić information content (AvgIpc) is 2.61. The van der Waals surface area contributed by atoms with Crippen molar-refractivity contribution in [1.82, 2.24) is 10.2 Å². The molecule has 0 bridgehead atoms. The summed E-state index contributed by atoms with van der Waals surface area (Å²) in [6, 6.07) is 12.9. The normalized spacial score (nSPS) is 15.6. The highest BCUT2D eigenvalue weighted by atomic mass is 35.5. The number of hydrogen-bond acceptors (Lipinski definition) is 2. The Morgan fingerprint density at radius 2 is 1.92 bits per heavy atom. The Bertz CT molecular complexity index is 773. The second kappa shape index (κ2) is 8.19. The molecule has 1 amide bonds. The van der Waals surface area contributed by atoms with Gasteiger partial charge in [-0.15, -0.1) is 0 Å². The molecule has 0 unspecified atom stereocenters. The molecule has 1 heterocycles. The van der Waals surface area contributed by atoms with Gasteiger partial charge >= 0.3 is 0 Å². The maximum absolute atomic E-state index is 13.9. The first-order valence-electron chi connectivity index (χ1n) is 9.00. The van der Waals surface area contributed by atoms with Crippen LogP contribution in [0.25, 0.3) is 0 Å². The Morgan fingerprint density at radius 1 is 1.19 bits per heavy atom. The van der Waals surface area contributed by atoms with Gasteiger partial charge < -0.3 is 5.32 Å². The summed E-state index contributed by atoms with van der Waals surface area (Å²) in [5.41, 5.74) is 2.65. The van der Waals surface area contributed by atoms with Crippen molar-refractivity contribution >= 4 is 17.5 Å². The van der Waals surface area contributed by atoms with Crippen LogP contribution in [-0.4, -0.2) is 29.9 Å². The molecular formula is C21H24ClFN2O. The van der Waals surface area contributed by atoms with Crippen LogP contribution in [0.4, 0.5) is 4.39 Å². The molecule has 0 aromatic heterocycles. The summed E-state index contributed by atoms with van der Waals surface area (Å²) in [7, 11) is 0. The van der Waals surface area contributed by atoms with Crippen LogP contribution < -0.4 is 5.32 Å². The molecule has 1 aliphatic rings. The highest BCUT2D eigenvalue weighted by Gasteiger charge is 2.26. The van der Waals surface area contributed by atoms with Gasteiger partial charge in [0.15, 0.2) is 0 Å². The molecule has 0 aliphatic carbocycles. The largest absolute Gasteiger partial charge is 0.350 e. The van der Waals surface area contributed by atoms with Gasteiger partial charge in [0.25, 0.3) is 5.91 Å². The van der Waals surface area contributed by atoms with E-state index >= 15 is 0 Å². The average molecular weight is 375 g/mol. The fourth-order valence-corrected chi connectivity index (χ4v) is 3.84. The van der Waals surface area contributed by atoms with E-state index in [0.717, 1.165) is 19.5 Å². The van der Waals surface area contributed by atoms with Crippen molar-refractivity contribution in [2.75, 3.05) is 13.1 Å². The number of halogens is 2. The molecule has 1 aliphatic heterocycles. The predicted molar refractivity (Wildman–Crippen MR) is 103 cm³/mol.